The van der Waals surface area contributed by atoms with E-state index in [1.807, 2.05) is 26.0 Å². The number of para-hydroxylation sites is 1. The van der Waals surface area contributed by atoms with Gasteiger partial charge in [-0.3, -0.25) is 4.79 Å². The van der Waals surface area contributed by atoms with Crippen LogP contribution in [0.1, 0.15) is 25.3 Å². The number of esters is 1. The molecule has 0 fully saturated rings. The highest BCUT2D eigenvalue weighted by atomic mass is 32.2. The van der Waals surface area contributed by atoms with Crippen LogP contribution < -0.4 is 9.46 Å². The summed E-state index contributed by atoms with van der Waals surface area (Å²) in [6.45, 7) is 3.37. The molecule has 0 aliphatic heterocycles. The molecule has 1 N–H and O–H groups in total. The van der Waals surface area contributed by atoms with E-state index < -0.39 is 16.0 Å². The van der Waals surface area contributed by atoms with Crippen molar-refractivity contribution in [1.82, 2.24) is 4.72 Å². The van der Waals surface area contributed by atoms with Gasteiger partial charge in [-0.1, -0.05) is 31.5 Å². The number of carbonyl (C=O) groups is 1. The molecule has 0 unspecified atom stereocenters. The summed E-state index contributed by atoms with van der Waals surface area (Å²) < 4.78 is 30.3. The van der Waals surface area contributed by atoms with Gasteiger partial charge >= 0.3 is 5.97 Å². The average molecular weight is 285 g/mol. The van der Waals surface area contributed by atoms with Crippen molar-refractivity contribution in [2.75, 3.05) is 12.3 Å². The maximum atomic E-state index is 11.5. The standard InChI is InChI=1S/C13H19NO4S/c1-3-4-9-19(16,17)14-10-13(15)18-12-8-6-5-7-11(12)2/h5-8,14H,3-4,9-10H2,1-2H3. The highest BCUT2D eigenvalue weighted by Gasteiger charge is 2.13. The summed E-state index contributed by atoms with van der Waals surface area (Å²) in [6.07, 6.45) is 1.36. The first-order chi connectivity index (χ1) is 8.94. The summed E-state index contributed by atoms with van der Waals surface area (Å²) in [4.78, 5) is 11.5. The first kappa shape index (κ1) is 15.7. The van der Waals surface area contributed by atoms with Crippen LogP contribution in [0.5, 0.6) is 5.75 Å². The molecule has 1 aromatic rings. The van der Waals surface area contributed by atoms with Crippen LogP contribution >= 0.6 is 0 Å². The summed E-state index contributed by atoms with van der Waals surface area (Å²) in [5, 5.41) is 0. The van der Waals surface area contributed by atoms with Crippen LogP contribution in [0.25, 0.3) is 0 Å². The smallest absolute Gasteiger partial charge is 0.326 e. The van der Waals surface area contributed by atoms with Crippen LogP contribution in [0, 0.1) is 6.92 Å². The number of rotatable bonds is 7. The van der Waals surface area contributed by atoms with Crippen molar-refractivity contribution in [3.8, 4) is 5.75 Å². The van der Waals surface area contributed by atoms with Crippen molar-refractivity contribution in [2.24, 2.45) is 0 Å². The molecule has 19 heavy (non-hydrogen) atoms. The summed E-state index contributed by atoms with van der Waals surface area (Å²) >= 11 is 0. The SMILES string of the molecule is CCCCS(=O)(=O)NCC(=O)Oc1ccccc1C. The molecule has 0 aliphatic carbocycles. The van der Waals surface area contributed by atoms with Gasteiger partial charge in [-0.15, -0.1) is 0 Å². The zero-order chi connectivity index (χ0) is 14.3. The lowest BCUT2D eigenvalue weighted by Crippen LogP contribution is -2.33. The Hall–Kier alpha value is -1.40. The number of carbonyl (C=O) groups excluding carboxylic acids is 1. The predicted octanol–water partition coefficient (Wildman–Crippen LogP) is 1.62. The second-order valence-corrected chi connectivity index (χ2v) is 6.16. The molecule has 0 saturated carbocycles. The van der Waals surface area contributed by atoms with E-state index in [-0.39, 0.29) is 12.3 Å². The van der Waals surface area contributed by atoms with Gasteiger partial charge in [0.25, 0.3) is 0 Å². The fraction of sp³-hybridized carbons (Fsp3) is 0.462. The van der Waals surface area contributed by atoms with Crippen LogP contribution in [0.4, 0.5) is 0 Å². The Morgan fingerprint density at radius 2 is 2.00 bits per heavy atom. The van der Waals surface area contributed by atoms with Gasteiger partial charge in [0.1, 0.15) is 12.3 Å². The molecule has 0 atom stereocenters. The van der Waals surface area contributed by atoms with E-state index in [1.165, 1.54) is 0 Å². The summed E-state index contributed by atoms with van der Waals surface area (Å²) in [7, 11) is -3.39. The van der Waals surface area contributed by atoms with E-state index in [1.54, 1.807) is 12.1 Å². The molecule has 1 rings (SSSR count). The average Bonchev–Trinajstić information content (AvgIpc) is 2.37. The summed E-state index contributed by atoms with van der Waals surface area (Å²) in [6, 6.07) is 7.06. The number of sulfonamides is 1. The third-order valence-electron chi connectivity index (χ3n) is 2.52. The Morgan fingerprint density at radius 1 is 1.32 bits per heavy atom. The molecule has 0 aliphatic rings. The zero-order valence-corrected chi connectivity index (χ0v) is 12.0. The maximum absolute atomic E-state index is 11.5. The monoisotopic (exact) mass is 285 g/mol. The van der Waals surface area contributed by atoms with Gasteiger partial charge in [0, 0.05) is 0 Å². The van der Waals surface area contributed by atoms with Gasteiger partial charge in [-0.05, 0) is 25.0 Å². The second kappa shape index (κ2) is 7.25. The zero-order valence-electron chi connectivity index (χ0n) is 11.2. The van der Waals surface area contributed by atoms with Gasteiger partial charge in [-0.2, -0.15) is 0 Å². The molecule has 0 saturated heterocycles. The number of hydrogen-bond donors (Lipinski definition) is 1. The van der Waals surface area contributed by atoms with Crippen LogP contribution in [-0.4, -0.2) is 26.7 Å². The Labute approximate surface area is 114 Å². The number of benzene rings is 1. The predicted molar refractivity (Wildman–Crippen MR) is 73.5 cm³/mol. The molecule has 6 heteroatoms. The third kappa shape index (κ3) is 5.85. The van der Waals surface area contributed by atoms with Crippen LogP contribution in [0.15, 0.2) is 24.3 Å². The largest absolute Gasteiger partial charge is 0.425 e. The first-order valence-corrected chi connectivity index (χ1v) is 7.83. The van der Waals surface area contributed by atoms with E-state index >= 15 is 0 Å². The Kier molecular flexibility index (Phi) is 5.98. The van der Waals surface area contributed by atoms with Gasteiger partial charge < -0.3 is 4.74 Å². The number of aryl methyl sites for hydroxylation is 1. The Bertz CT molecular complexity index is 525. The Morgan fingerprint density at radius 3 is 2.63 bits per heavy atom. The third-order valence-corrected chi connectivity index (χ3v) is 3.93. The minimum atomic E-state index is -3.39. The molecule has 0 heterocycles. The molecule has 0 aromatic heterocycles. The lowest BCUT2D eigenvalue weighted by molar-refractivity contribution is -0.133. The fourth-order valence-corrected chi connectivity index (χ4v) is 2.56. The van der Waals surface area contributed by atoms with E-state index in [0.29, 0.717) is 12.2 Å². The topological polar surface area (TPSA) is 72.5 Å². The van der Waals surface area contributed by atoms with Gasteiger partial charge in [0.2, 0.25) is 10.0 Å². The molecule has 1 aromatic carbocycles. The van der Waals surface area contributed by atoms with E-state index in [4.69, 9.17) is 4.74 Å². The fourth-order valence-electron chi connectivity index (χ4n) is 1.41. The molecular weight excluding hydrogens is 266 g/mol. The van der Waals surface area contributed by atoms with E-state index in [9.17, 15) is 13.2 Å². The molecule has 106 valence electrons. The number of hydrogen-bond acceptors (Lipinski definition) is 4. The van der Waals surface area contributed by atoms with Gasteiger partial charge in [0.15, 0.2) is 0 Å². The van der Waals surface area contributed by atoms with E-state index in [2.05, 4.69) is 4.72 Å². The van der Waals surface area contributed by atoms with Crippen molar-refractivity contribution >= 4 is 16.0 Å². The Balaban J connectivity index is 2.47. The highest BCUT2D eigenvalue weighted by Crippen LogP contribution is 2.15. The minimum absolute atomic E-state index is 0.0289. The molecule has 0 spiro atoms. The van der Waals surface area contributed by atoms with Crippen molar-refractivity contribution in [3.05, 3.63) is 29.8 Å². The maximum Gasteiger partial charge on any atom is 0.326 e. The molecule has 0 amide bonds. The highest BCUT2D eigenvalue weighted by molar-refractivity contribution is 7.89. The lowest BCUT2D eigenvalue weighted by Gasteiger charge is -2.08. The van der Waals surface area contributed by atoms with Gasteiger partial charge in [-0.25, -0.2) is 13.1 Å². The van der Waals surface area contributed by atoms with Gasteiger partial charge in [0.05, 0.1) is 5.75 Å². The summed E-state index contributed by atoms with van der Waals surface area (Å²) in [5.41, 5.74) is 0.824. The quantitative estimate of drug-likeness (QED) is 0.610. The number of ether oxygens (including phenoxy) is 1. The molecule has 0 radical (unpaired) electrons. The minimum Gasteiger partial charge on any atom is -0.425 e. The van der Waals surface area contributed by atoms with Crippen LogP contribution in [0.3, 0.4) is 0 Å². The number of unbranched alkanes of at least 4 members (excludes halogenated alkanes) is 1. The van der Waals surface area contributed by atoms with Crippen molar-refractivity contribution in [1.29, 1.82) is 0 Å². The van der Waals surface area contributed by atoms with E-state index in [0.717, 1.165) is 12.0 Å². The molecular formula is C13H19NO4S. The van der Waals surface area contributed by atoms with Crippen LogP contribution in [0.2, 0.25) is 0 Å². The van der Waals surface area contributed by atoms with Crippen molar-refractivity contribution in [3.63, 3.8) is 0 Å². The van der Waals surface area contributed by atoms with Crippen molar-refractivity contribution < 1.29 is 17.9 Å². The van der Waals surface area contributed by atoms with Crippen molar-refractivity contribution in [2.45, 2.75) is 26.7 Å². The lowest BCUT2D eigenvalue weighted by atomic mass is 10.2. The molecule has 5 nitrogen and oxygen atoms in total. The summed E-state index contributed by atoms with van der Waals surface area (Å²) in [5.74, 6) is -0.143. The first-order valence-electron chi connectivity index (χ1n) is 6.18. The normalized spacial score (nSPS) is 11.3. The second-order valence-electron chi connectivity index (χ2n) is 4.23. The number of nitrogens with one attached hydrogen (secondary N) is 1. The van der Waals surface area contributed by atoms with Crippen LogP contribution in [-0.2, 0) is 14.8 Å². The molecule has 0 bridgehead atoms.